The summed E-state index contributed by atoms with van der Waals surface area (Å²) < 4.78 is 43.8. The van der Waals surface area contributed by atoms with E-state index in [-0.39, 0.29) is 18.7 Å². The summed E-state index contributed by atoms with van der Waals surface area (Å²) in [6, 6.07) is 12.9. The molecule has 1 fully saturated rings. The van der Waals surface area contributed by atoms with E-state index in [2.05, 4.69) is 20.6 Å². The van der Waals surface area contributed by atoms with Gasteiger partial charge in [-0.25, -0.2) is 4.79 Å². The van der Waals surface area contributed by atoms with E-state index < -0.39 is 35.8 Å². The number of urea groups is 1. The molecule has 0 bridgehead atoms. The Kier molecular flexibility index (Phi) is 7.76. The second-order valence-electron chi connectivity index (χ2n) is 8.59. The number of halogens is 3. The van der Waals surface area contributed by atoms with Crippen molar-refractivity contribution in [3.05, 3.63) is 83.4 Å². The molecule has 3 heterocycles. The summed E-state index contributed by atoms with van der Waals surface area (Å²) in [7, 11) is 1.51. The third kappa shape index (κ3) is 6.18. The summed E-state index contributed by atoms with van der Waals surface area (Å²) in [6.07, 6.45) is -1.78. The summed E-state index contributed by atoms with van der Waals surface area (Å²) in [4.78, 5) is 35.2. The Labute approximate surface area is 216 Å². The van der Waals surface area contributed by atoms with E-state index in [1.165, 1.54) is 18.2 Å². The number of nitriles is 1. The lowest BCUT2D eigenvalue weighted by atomic mass is 9.88. The van der Waals surface area contributed by atoms with Crippen molar-refractivity contribution in [2.45, 2.75) is 24.6 Å². The summed E-state index contributed by atoms with van der Waals surface area (Å²) in [5.41, 5.74) is 0.525. The maximum Gasteiger partial charge on any atom is 0.433 e. The van der Waals surface area contributed by atoms with Crippen LogP contribution in [0.3, 0.4) is 0 Å². The van der Waals surface area contributed by atoms with Crippen molar-refractivity contribution in [2.75, 3.05) is 25.5 Å². The van der Waals surface area contributed by atoms with Gasteiger partial charge in [-0.1, -0.05) is 0 Å². The fraction of sp³-hybridized carbons (Fsp3) is 0.269. The largest absolute Gasteiger partial charge is 0.495 e. The Hall–Kier alpha value is -4.66. The molecule has 3 amide bonds. The number of hydrogen-bond donors (Lipinski definition) is 2. The van der Waals surface area contributed by atoms with Crippen molar-refractivity contribution in [3.63, 3.8) is 0 Å². The highest BCUT2D eigenvalue weighted by Gasteiger charge is 2.36. The summed E-state index contributed by atoms with van der Waals surface area (Å²) in [5.74, 6) is -0.339. The van der Waals surface area contributed by atoms with Gasteiger partial charge in [-0.15, -0.1) is 0 Å². The standard InChI is InChI=1S/C26H23F3N6O3/c1-38-19-7-8-21(31-14-19)20-15-35(24(36)17-4-9-23(32-13-17)26(27,28)29)11-10-22(20)34-25(37)33-18-5-2-16(12-30)3-6-18/h2-9,13-14,20,22H,10-11,15H2,1H3,(H2,33,34,37). The van der Waals surface area contributed by atoms with Gasteiger partial charge in [-0.05, 0) is 55.0 Å². The van der Waals surface area contributed by atoms with Gasteiger partial charge in [0.1, 0.15) is 11.4 Å². The number of hydrogen-bond acceptors (Lipinski definition) is 6. The molecule has 2 aromatic heterocycles. The van der Waals surface area contributed by atoms with Crippen LogP contribution in [-0.4, -0.2) is 53.0 Å². The quantitative estimate of drug-likeness (QED) is 0.516. The average Bonchev–Trinajstić information content (AvgIpc) is 2.93. The van der Waals surface area contributed by atoms with Crippen LogP contribution < -0.4 is 15.4 Å². The Morgan fingerprint density at radius 2 is 1.84 bits per heavy atom. The molecular formula is C26H23F3N6O3. The number of benzene rings is 1. The van der Waals surface area contributed by atoms with Crippen molar-refractivity contribution in [1.82, 2.24) is 20.2 Å². The number of nitrogens with zero attached hydrogens (tertiary/aromatic N) is 4. The molecule has 38 heavy (non-hydrogen) atoms. The van der Waals surface area contributed by atoms with Gasteiger partial charge in [-0.2, -0.15) is 18.4 Å². The van der Waals surface area contributed by atoms with Crippen LogP contribution in [0.4, 0.5) is 23.7 Å². The highest BCUT2D eigenvalue weighted by Crippen LogP contribution is 2.30. The zero-order chi connectivity index (χ0) is 27.3. The number of nitrogens with one attached hydrogen (secondary N) is 2. The van der Waals surface area contributed by atoms with Gasteiger partial charge in [0.25, 0.3) is 5.91 Å². The lowest BCUT2D eigenvalue weighted by Crippen LogP contribution is -2.52. The monoisotopic (exact) mass is 524 g/mol. The van der Waals surface area contributed by atoms with Gasteiger partial charge in [0.15, 0.2) is 0 Å². The molecule has 4 rings (SSSR count). The van der Waals surface area contributed by atoms with E-state index in [4.69, 9.17) is 10.00 Å². The minimum Gasteiger partial charge on any atom is -0.495 e. The Morgan fingerprint density at radius 3 is 2.42 bits per heavy atom. The maximum atomic E-state index is 13.1. The van der Waals surface area contributed by atoms with Crippen LogP contribution in [0.2, 0.25) is 0 Å². The molecule has 2 N–H and O–H groups in total. The molecule has 2 unspecified atom stereocenters. The number of anilines is 1. The molecule has 0 aliphatic carbocycles. The van der Waals surface area contributed by atoms with E-state index in [0.29, 0.717) is 29.1 Å². The number of amides is 3. The number of alkyl halides is 3. The van der Waals surface area contributed by atoms with Gasteiger partial charge < -0.3 is 20.3 Å². The van der Waals surface area contributed by atoms with Gasteiger partial charge in [0.05, 0.1) is 30.5 Å². The summed E-state index contributed by atoms with van der Waals surface area (Å²) in [6.45, 7) is 0.426. The van der Waals surface area contributed by atoms with E-state index in [1.54, 1.807) is 36.4 Å². The Morgan fingerprint density at radius 1 is 1.08 bits per heavy atom. The Bertz CT molecular complexity index is 1320. The lowest BCUT2D eigenvalue weighted by Gasteiger charge is -2.38. The molecular weight excluding hydrogens is 501 g/mol. The molecule has 9 nitrogen and oxygen atoms in total. The highest BCUT2D eigenvalue weighted by molar-refractivity contribution is 5.94. The van der Waals surface area contributed by atoms with Crippen LogP contribution in [0.25, 0.3) is 0 Å². The maximum absolute atomic E-state index is 13.1. The summed E-state index contributed by atoms with van der Waals surface area (Å²) in [5, 5.41) is 14.6. The first-order valence-corrected chi connectivity index (χ1v) is 11.6. The first-order chi connectivity index (χ1) is 18.2. The van der Waals surface area contributed by atoms with Crippen molar-refractivity contribution >= 4 is 17.6 Å². The predicted molar refractivity (Wildman–Crippen MR) is 130 cm³/mol. The molecule has 2 atom stereocenters. The van der Waals surface area contributed by atoms with E-state index >= 15 is 0 Å². The van der Waals surface area contributed by atoms with Crippen LogP contribution in [-0.2, 0) is 6.18 Å². The van der Waals surface area contributed by atoms with E-state index in [1.807, 2.05) is 6.07 Å². The number of ether oxygens (including phenoxy) is 1. The zero-order valence-electron chi connectivity index (χ0n) is 20.2. The number of likely N-dealkylation sites (tertiary alicyclic amines) is 1. The number of aromatic nitrogens is 2. The van der Waals surface area contributed by atoms with Crippen LogP contribution in [0, 0.1) is 11.3 Å². The third-order valence-corrected chi connectivity index (χ3v) is 6.16. The van der Waals surface area contributed by atoms with Crippen LogP contribution in [0.1, 0.15) is 39.6 Å². The van der Waals surface area contributed by atoms with Crippen molar-refractivity contribution in [3.8, 4) is 11.8 Å². The average molecular weight is 525 g/mol. The molecule has 12 heteroatoms. The summed E-state index contributed by atoms with van der Waals surface area (Å²) >= 11 is 0. The molecule has 0 radical (unpaired) electrons. The number of rotatable bonds is 5. The molecule has 1 aromatic carbocycles. The first kappa shape index (κ1) is 26.4. The SMILES string of the molecule is COc1ccc(C2CN(C(=O)c3ccc(C(F)(F)F)nc3)CCC2NC(=O)Nc2ccc(C#N)cc2)nc1. The smallest absolute Gasteiger partial charge is 0.433 e. The van der Waals surface area contributed by atoms with Crippen LogP contribution >= 0.6 is 0 Å². The second-order valence-corrected chi connectivity index (χ2v) is 8.59. The number of pyridine rings is 2. The van der Waals surface area contributed by atoms with E-state index in [0.717, 1.165) is 18.3 Å². The fourth-order valence-corrected chi connectivity index (χ4v) is 4.18. The minimum atomic E-state index is -4.60. The van der Waals surface area contributed by atoms with Crippen LogP contribution in [0.5, 0.6) is 5.75 Å². The molecule has 1 saturated heterocycles. The predicted octanol–water partition coefficient (Wildman–Crippen LogP) is 4.20. The normalized spacial score (nSPS) is 17.3. The number of carbonyl (C=O) groups is 2. The highest BCUT2D eigenvalue weighted by atomic mass is 19.4. The zero-order valence-corrected chi connectivity index (χ0v) is 20.2. The van der Waals surface area contributed by atoms with Crippen molar-refractivity contribution < 1.29 is 27.5 Å². The number of carbonyl (C=O) groups excluding carboxylic acids is 2. The van der Waals surface area contributed by atoms with Gasteiger partial charge in [0.2, 0.25) is 0 Å². The minimum absolute atomic E-state index is 0.0319. The van der Waals surface area contributed by atoms with Gasteiger partial charge >= 0.3 is 12.2 Å². The van der Waals surface area contributed by atoms with Crippen molar-refractivity contribution in [1.29, 1.82) is 5.26 Å². The lowest BCUT2D eigenvalue weighted by molar-refractivity contribution is -0.141. The molecule has 3 aromatic rings. The third-order valence-electron chi connectivity index (χ3n) is 6.16. The Balaban J connectivity index is 1.51. The van der Waals surface area contributed by atoms with Gasteiger partial charge in [0, 0.05) is 42.6 Å². The van der Waals surface area contributed by atoms with Crippen molar-refractivity contribution in [2.24, 2.45) is 0 Å². The molecule has 1 aliphatic rings. The molecule has 196 valence electrons. The first-order valence-electron chi connectivity index (χ1n) is 11.6. The second kappa shape index (κ2) is 11.2. The molecule has 1 aliphatic heterocycles. The fourth-order valence-electron chi connectivity index (χ4n) is 4.18. The van der Waals surface area contributed by atoms with Gasteiger partial charge in [-0.3, -0.25) is 14.8 Å². The number of piperidine rings is 1. The van der Waals surface area contributed by atoms with Crippen LogP contribution in [0.15, 0.2) is 60.9 Å². The number of methoxy groups -OCH3 is 1. The topological polar surface area (TPSA) is 120 Å². The molecule has 0 spiro atoms. The molecule has 0 saturated carbocycles. The van der Waals surface area contributed by atoms with E-state index in [9.17, 15) is 22.8 Å².